The molecule has 0 atom stereocenters. The number of carbonyl (C=O) groups excluding carboxylic acids is 2. The second-order valence-electron chi connectivity index (χ2n) is 8.52. The summed E-state index contributed by atoms with van der Waals surface area (Å²) >= 11 is 0. The van der Waals surface area contributed by atoms with Gasteiger partial charge in [-0.2, -0.15) is 0 Å². The molecule has 8 heteroatoms. The van der Waals surface area contributed by atoms with E-state index in [4.69, 9.17) is 10.2 Å². The van der Waals surface area contributed by atoms with Gasteiger partial charge >= 0.3 is 0 Å². The fraction of sp³-hybridized carbons (Fsp3) is 0.522. The molecular formula is C23H35N5O3. The monoisotopic (exact) mass is 429 g/mol. The van der Waals surface area contributed by atoms with E-state index in [0.717, 1.165) is 48.6 Å². The lowest BCUT2D eigenvalue weighted by atomic mass is 9.96. The van der Waals surface area contributed by atoms with Crippen LogP contribution in [0, 0.1) is 5.41 Å². The summed E-state index contributed by atoms with van der Waals surface area (Å²) in [5.41, 5.74) is 3.83. The summed E-state index contributed by atoms with van der Waals surface area (Å²) in [6.07, 6.45) is 3.53. The number of likely N-dealkylation sites (N-methyl/N-ethyl adjacent to an activating group) is 1. The molecule has 0 saturated heterocycles. The average Bonchev–Trinajstić information content (AvgIpc) is 3.08. The summed E-state index contributed by atoms with van der Waals surface area (Å²) in [6, 6.07) is 5.84. The SMILES string of the molecule is CCN(CC)CCn1c(CCNC(=O)C(C)(C)C)nc2cc(/C=C/C(=O)NO)ccc21. The molecule has 0 spiro atoms. The minimum Gasteiger partial charge on any atom is -0.355 e. The molecule has 0 aliphatic carbocycles. The zero-order valence-corrected chi connectivity index (χ0v) is 19.2. The van der Waals surface area contributed by atoms with Gasteiger partial charge in [-0.3, -0.25) is 14.8 Å². The average molecular weight is 430 g/mol. The van der Waals surface area contributed by atoms with E-state index in [1.165, 1.54) is 6.08 Å². The largest absolute Gasteiger partial charge is 0.355 e. The van der Waals surface area contributed by atoms with Crippen molar-refractivity contribution in [1.82, 2.24) is 25.2 Å². The zero-order chi connectivity index (χ0) is 23.0. The Hall–Kier alpha value is -2.71. The first-order chi connectivity index (χ1) is 14.7. The molecule has 2 rings (SSSR count). The molecule has 0 aliphatic heterocycles. The molecule has 2 amide bonds. The molecule has 8 nitrogen and oxygen atoms in total. The van der Waals surface area contributed by atoms with E-state index in [-0.39, 0.29) is 5.91 Å². The minimum atomic E-state index is -0.583. The number of carbonyl (C=O) groups is 2. The van der Waals surface area contributed by atoms with Crippen molar-refractivity contribution in [1.29, 1.82) is 0 Å². The van der Waals surface area contributed by atoms with Gasteiger partial charge in [0.1, 0.15) is 5.82 Å². The van der Waals surface area contributed by atoms with Gasteiger partial charge in [-0.05, 0) is 36.9 Å². The van der Waals surface area contributed by atoms with Crippen LogP contribution in [-0.4, -0.2) is 57.7 Å². The Balaban J connectivity index is 2.28. The van der Waals surface area contributed by atoms with Crippen molar-refractivity contribution in [3.63, 3.8) is 0 Å². The first-order valence-corrected chi connectivity index (χ1v) is 10.8. The normalized spacial score (nSPS) is 12.1. The highest BCUT2D eigenvalue weighted by Crippen LogP contribution is 2.20. The smallest absolute Gasteiger partial charge is 0.267 e. The highest BCUT2D eigenvalue weighted by molar-refractivity contribution is 5.91. The van der Waals surface area contributed by atoms with Crippen molar-refractivity contribution < 1.29 is 14.8 Å². The number of nitrogens with zero attached hydrogens (tertiary/aromatic N) is 3. The third kappa shape index (κ3) is 6.90. The van der Waals surface area contributed by atoms with Crippen molar-refractivity contribution >= 4 is 28.9 Å². The van der Waals surface area contributed by atoms with Crippen LogP contribution in [0.4, 0.5) is 0 Å². The van der Waals surface area contributed by atoms with Gasteiger partial charge in [0.05, 0.1) is 11.0 Å². The van der Waals surface area contributed by atoms with E-state index in [2.05, 4.69) is 28.6 Å². The van der Waals surface area contributed by atoms with E-state index in [9.17, 15) is 9.59 Å². The molecule has 0 saturated carbocycles. The van der Waals surface area contributed by atoms with Gasteiger partial charge in [0.2, 0.25) is 5.91 Å². The highest BCUT2D eigenvalue weighted by Gasteiger charge is 2.21. The summed E-state index contributed by atoms with van der Waals surface area (Å²) in [7, 11) is 0. The minimum absolute atomic E-state index is 0.0212. The number of rotatable bonds is 10. The maximum Gasteiger partial charge on any atom is 0.267 e. The van der Waals surface area contributed by atoms with Crippen molar-refractivity contribution in [3.8, 4) is 0 Å². The highest BCUT2D eigenvalue weighted by atomic mass is 16.5. The standard InChI is InChI=1S/C23H35N5O3/c1-6-27(7-2)14-15-28-19-10-8-17(9-11-21(29)26-31)16-18(19)25-20(28)12-13-24-22(30)23(3,4)5/h8-11,16,31H,6-7,12-15H2,1-5H3,(H,24,30)(H,26,29)/b11-9+. The van der Waals surface area contributed by atoms with E-state index in [0.29, 0.717) is 13.0 Å². The molecule has 1 heterocycles. The van der Waals surface area contributed by atoms with Crippen LogP contribution >= 0.6 is 0 Å². The number of imidazole rings is 1. The molecule has 0 fully saturated rings. The van der Waals surface area contributed by atoms with Crippen LogP contribution in [-0.2, 0) is 22.6 Å². The van der Waals surface area contributed by atoms with Crippen LogP contribution in [0.5, 0.6) is 0 Å². The van der Waals surface area contributed by atoms with Crippen LogP contribution in [0.1, 0.15) is 46.0 Å². The van der Waals surface area contributed by atoms with Gasteiger partial charge in [-0.25, -0.2) is 10.5 Å². The molecule has 170 valence electrons. The molecule has 0 bridgehead atoms. The Bertz CT molecular complexity index is 923. The number of aromatic nitrogens is 2. The molecule has 0 aliphatic rings. The lowest BCUT2D eigenvalue weighted by molar-refractivity contribution is -0.128. The summed E-state index contributed by atoms with van der Waals surface area (Å²) in [5.74, 6) is 0.360. The quantitative estimate of drug-likeness (QED) is 0.306. The summed E-state index contributed by atoms with van der Waals surface area (Å²) in [5, 5.41) is 11.6. The number of hydrogen-bond acceptors (Lipinski definition) is 5. The summed E-state index contributed by atoms with van der Waals surface area (Å²) < 4.78 is 2.21. The Morgan fingerprint density at radius 2 is 1.94 bits per heavy atom. The lowest BCUT2D eigenvalue weighted by Gasteiger charge is -2.20. The molecule has 0 radical (unpaired) electrons. The van der Waals surface area contributed by atoms with Gasteiger partial charge < -0.3 is 14.8 Å². The first-order valence-electron chi connectivity index (χ1n) is 10.8. The first kappa shape index (κ1) is 24.6. The maximum absolute atomic E-state index is 12.2. The van der Waals surface area contributed by atoms with Crippen LogP contribution in [0.15, 0.2) is 24.3 Å². The van der Waals surface area contributed by atoms with Gasteiger partial charge in [-0.15, -0.1) is 0 Å². The molecule has 2 aromatic rings. The lowest BCUT2D eigenvalue weighted by Crippen LogP contribution is -2.36. The van der Waals surface area contributed by atoms with Gasteiger partial charge in [0, 0.05) is 37.5 Å². The molecule has 1 aromatic carbocycles. The number of hydroxylamine groups is 1. The van der Waals surface area contributed by atoms with Crippen molar-refractivity contribution in [2.24, 2.45) is 5.41 Å². The molecule has 1 aromatic heterocycles. The predicted octanol–water partition coefficient (Wildman–Crippen LogP) is 2.60. The Morgan fingerprint density at radius 3 is 2.55 bits per heavy atom. The molecule has 31 heavy (non-hydrogen) atoms. The van der Waals surface area contributed by atoms with Crippen LogP contribution < -0.4 is 10.8 Å². The molecular weight excluding hydrogens is 394 g/mol. The van der Waals surface area contributed by atoms with Crippen molar-refractivity contribution in [2.75, 3.05) is 26.2 Å². The third-order valence-electron chi connectivity index (χ3n) is 5.24. The molecule has 0 unspecified atom stereocenters. The summed E-state index contributed by atoms with van der Waals surface area (Å²) in [4.78, 5) is 30.6. The number of amides is 2. The van der Waals surface area contributed by atoms with E-state index >= 15 is 0 Å². The topological polar surface area (TPSA) is 99.5 Å². The fourth-order valence-corrected chi connectivity index (χ4v) is 3.28. The fourth-order valence-electron chi connectivity index (χ4n) is 3.28. The van der Waals surface area contributed by atoms with E-state index < -0.39 is 11.3 Å². The Morgan fingerprint density at radius 1 is 1.23 bits per heavy atom. The second kappa shape index (κ2) is 11.1. The van der Waals surface area contributed by atoms with Crippen LogP contribution in [0.3, 0.4) is 0 Å². The number of hydrogen-bond donors (Lipinski definition) is 3. The second-order valence-corrected chi connectivity index (χ2v) is 8.52. The predicted molar refractivity (Wildman–Crippen MR) is 123 cm³/mol. The van der Waals surface area contributed by atoms with E-state index in [1.54, 1.807) is 11.6 Å². The van der Waals surface area contributed by atoms with Crippen molar-refractivity contribution in [2.45, 2.75) is 47.6 Å². The van der Waals surface area contributed by atoms with Crippen molar-refractivity contribution in [3.05, 3.63) is 35.7 Å². The Labute approximate surface area is 184 Å². The van der Waals surface area contributed by atoms with Gasteiger partial charge in [0.15, 0.2) is 0 Å². The summed E-state index contributed by atoms with van der Waals surface area (Å²) in [6.45, 7) is 14.2. The van der Waals surface area contributed by atoms with Crippen LogP contribution in [0.25, 0.3) is 17.1 Å². The number of benzene rings is 1. The van der Waals surface area contributed by atoms with Gasteiger partial charge in [-0.1, -0.05) is 40.7 Å². The number of fused-ring (bicyclic) bond motifs is 1. The van der Waals surface area contributed by atoms with E-state index in [1.807, 2.05) is 39.0 Å². The van der Waals surface area contributed by atoms with Gasteiger partial charge in [0.25, 0.3) is 5.91 Å². The zero-order valence-electron chi connectivity index (χ0n) is 19.2. The Kier molecular flexibility index (Phi) is 8.76. The van der Waals surface area contributed by atoms with Crippen LogP contribution in [0.2, 0.25) is 0 Å². The number of nitrogens with one attached hydrogen (secondary N) is 2. The molecule has 3 N–H and O–H groups in total. The third-order valence-corrected chi connectivity index (χ3v) is 5.24. The maximum atomic E-state index is 12.2.